The number of amides is 2. The van der Waals surface area contributed by atoms with Crippen LogP contribution in [0.3, 0.4) is 0 Å². The number of hydrogen-bond acceptors (Lipinski definition) is 3. The Hall–Kier alpha value is -1.56. The maximum atomic E-state index is 12.2. The van der Waals surface area contributed by atoms with Crippen LogP contribution in [0.15, 0.2) is 29.2 Å². The average molecular weight is 296 g/mol. The monoisotopic (exact) mass is 296 g/mol. The van der Waals surface area contributed by atoms with Crippen molar-refractivity contribution in [2.45, 2.75) is 25.7 Å². The van der Waals surface area contributed by atoms with Crippen LogP contribution in [0.1, 0.15) is 20.8 Å². The Kier molecular flexibility index (Phi) is 3.77. The van der Waals surface area contributed by atoms with Crippen LogP contribution in [0.2, 0.25) is 0 Å². The van der Waals surface area contributed by atoms with Gasteiger partial charge in [-0.1, -0.05) is 32.9 Å². The van der Waals surface area contributed by atoms with Crippen LogP contribution in [0.25, 0.3) is 0 Å². The summed E-state index contributed by atoms with van der Waals surface area (Å²) in [6.07, 6.45) is 0. The molecule has 110 valence electrons. The van der Waals surface area contributed by atoms with Gasteiger partial charge in [0.25, 0.3) is 0 Å². The molecule has 0 saturated carbocycles. The Morgan fingerprint density at radius 1 is 1.30 bits per heavy atom. The van der Waals surface area contributed by atoms with Crippen molar-refractivity contribution in [3.8, 4) is 0 Å². The number of nitrogens with one attached hydrogen (secondary N) is 1. The van der Waals surface area contributed by atoms with Gasteiger partial charge >= 0.3 is 6.03 Å². The van der Waals surface area contributed by atoms with Crippen LogP contribution in [0.5, 0.6) is 0 Å². The molecule has 1 N–H and O–H groups in total. The number of carbonyl (C=O) groups is 1. The average Bonchev–Trinajstić information content (AvgIpc) is 2.35. The minimum Gasteiger partial charge on any atom is -0.337 e. The lowest BCUT2D eigenvalue weighted by Crippen LogP contribution is -2.47. The zero-order valence-corrected chi connectivity index (χ0v) is 12.8. The van der Waals surface area contributed by atoms with Gasteiger partial charge in [0.1, 0.15) is 0 Å². The second-order valence-corrected chi connectivity index (χ2v) is 8.24. The van der Waals surface area contributed by atoms with Gasteiger partial charge in [-0.25, -0.2) is 13.2 Å². The van der Waals surface area contributed by atoms with Gasteiger partial charge in [0.2, 0.25) is 0 Å². The highest BCUT2D eigenvalue weighted by Crippen LogP contribution is 2.30. The first-order valence-electron chi connectivity index (χ1n) is 6.58. The van der Waals surface area contributed by atoms with E-state index in [0.717, 1.165) is 0 Å². The summed E-state index contributed by atoms with van der Waals surface area (Å²) in [6, 6.07) is 6.38. The molecular weight excluding hydrogens is 276 g/mol. The fraction of sp³-hybridized carbons (Fsp3) is 0.500. The molecule has 0 bridgehead atoms. The Bertz CT molecular complexity index is 618. The van der Waals surface area contributed by atoms with Crippen molar-refractivity contribution in [3.63, 3.8) is 0 Å². The first-order chi connectivity index (χ1) is 9.21. The Morgan fingerprint density at radius 2 is 1.95 bits per heavy atom. The third-order valence-electron chi connectivity index (χ3n) is 3.09. The van der Waals surface area contributed by atoms with Crippen LogP contribution in [0.4, 0.5) is 10.5 Å². The highest BCUT2D eigenvalue weighted by molar-refractivity contribution is 7.91. The van der Waals surface area contributed by atoms with Gasteiger partial charge in [-0.3, -0.25) is 4.90 Å². The van der Waals surface area contributed by atoms with E-state index in [1.54, 1.807) is 24.3 Å². The molecule has 0 aromatic heterocycles. The van der Waals surface area contributed by atoms with Crippen molar-refractivity contribution in [2.24, 2.45) is 5.41 Å². The molecule has 1 aliphatic heterocycles. The fourth-order valence-electron chi connectivity index (χ4n) is 2.03. The number of rotatable bonds is 1. The van der Waals surface area contributed by atoms with Crippen LogP contribution in [-0.2, 0) is 9.84 Å². The Labute approximate surface area is 119 Å². The van der Waals surface area contributed by atoms with Crippen LogP contribution in [0, 0.1) is 5.41 Å². The predicted octanol–water partition coefficient (Wildman–Crippen LogP) is 2.04. The van der Waals surface area contributed by atoms with Crippen molar-refractivity contribution >= 4 is 21.6 Å². The molecule has 0 aliphatic carbocycles. The second kappa shape index (κ2) is 5.09. The molecule has 5 nitrogen and oxygen atoms in total. The Morgan fingerprint density at radius 3 is 2.60 bits per heavy atom. The van der Waals surface area contributed by atoms with E-state index in [9.17, 15) is 13.2 Å². The van der Waals surface area contributed by atoms with E-state index in [1.807, 2.05) is 20.8 Å². The molecule has 1 aromatic rings. The van der Waals surface area contributed by atoms with Crippen LogP contribution in [-0.4, -0.2) is 33.3 Å². The van der Waals surface area contributed by atoms with Crippen molar-refractivity contribution in [1.29, 1.82) is 0 Å². The van der Waals surface area contributed by atoms with Crippen LogP contribution >= 0.6 is 0 Å². The molecule has 0 atom stereocenters. The quantitative estimate of drug-likeness (QED) is 0.862. The van der Waals surface area contributed by atoms with Crippen molar-refractivity contribution in [1.82, 2.24) is 5.32 Å². The SMILES string of the molecule is CC(C)(C)CNC(=O)N1CCS(=O)(=O)c2ccccc21. The van der Waals surface area contributed by atoms with E-state index in [0.29, 0.717) is 12.2 Å². The molecular formula is C14H20N2O3S. The van der Waals surface area contributed by atoms with Gasteiger partial charge < -0.3 is 5.32 Å². The van der Waals surface area contributed by atoms with Crippen LogP contribution < -0.4 is 10.2 Å². The third kappa shape index (κ3) is 3.12. The highest BCUT2D eigenvalue weighted by atomic mass is 32.2. The number of nitrogens with zero attached hydrogens (tertiary/aromatic N) is 1. The number of urea groups is 1. The molecule has 0 saturated heterocycles. The molecule has 0 radical (unpaired) electrons. The maximum Gasteiger partial charge on any atom is 0.321 e. The summed E-state index contributed by atoms with van der Waals surface area (Å²) in [5, 5.41) is 2.85. The lowest BCUT2D eigenvalue weighted by Gasteiger charge is -2.30. The van der Waals surface area contributed by atoms with Gasteiger partial charge in [-0.2, -0.15) is 0 Å². The van der Waals surface area contributed by atoms with Crippen molar-refractivity contribution in [2.75, 3.05) is 23.7 Å². The summed E-state index contributed by atoms with van der Waals surface area (Å²) in [5.41, 5.74) is 0.446. The Balaban J connectivity index is 2.25. The summed E-state index contributed by atoms with van der Waals surface area (Å²) in [5.74, 6) is -0.0348. The van der Waals surface area contributed by atoms with Crippen molar-refractivity contribution < 1.29 is 13.2 Å². The summed E-state index contributed by atoms with van der Waals surface area (Å²) >= 11 is 0. The first-order valence-corrected chi connectivity index (χ1v) is 8.23. The molecule has 1 aliphatic rings. The topological polar surface area (TPSA) is 66.5 Å². The standard InChI is InChI=1S/C14H20N2O3S/c1-14(2,3)10-15-13(17)16-8-9-20(18,19)12-7-5-4-6-11(12)16/h4-7H,8-10H2,1-3H3,(H,15,17). The first kappa shape index (κ1) is 14.8. The third-order valence-corrected chi connectivity index (χ3v) is 4.83. The molecule has 2 amide bonds. The van der Waals surface area contributed by atoms with E-state index in [4.69, 9.17) is 0 Å². The maximum absolute atomic E-state index is 12.2. The van der Waals surface area contributed by atoms with E-state index in [-0.39, 0.29) is 28.6 Å². The predicted molar refractivity (Wildman–Crippen MR) is 78.7 cm³/mol. The van der Waals surface area contributed by atoms with E-state index in [1.165, 1.54) is 4.90 Å². The molecule has 0 unspecified atom stereocenters. The highest BCUT2D eigenvalue weighted by Gasteiger charge is 2.31. The molecule has 0 spiro atoms. The largest absolute Gasteiger partial charge is 0.337 e. The number of carbonyl (C=O) groups excluding carboxylic acids is 1. The van der Waals surface area contributed by atoms with E-state index in [2.05, 4.69) is 5.32 Å². The summed E-state index contributed by atoms with van der Waals surface area (Å²) in [7, 11) is -3.27. The lowest BCUT2D eigenvalue weighted by molar-refractivity contribution is 0.241. The number of fused-ring (bicyclic) bond motifs is 1. The lowest BCUT2D eigenvalue weighted by atomic mass is 9.97. The minimum atomic E-state index is -3.27. The minimum absolute atomic E-state index is 0.0168. The number of sulfone groups is 1. The van der Waals surface area contributed by atoms with Gasteiger partial charge in [0.05, 0.1) is 16.3 Å². The molecule has 1 heterocycles. The van der Waals surface area contributed by atoms with Gasteiger partial charge in [0.15, 0.2) is 9.84 Å². The van der Waals surface area contributed by atoms with E-state index < -0.39 is 9.84 Å². The van der Waals surface area contributed by atoms with Gasteiger partial charge in [-0.15, -0.1) is 0 Å². The second-order valence-electron chi connectivity index (χ2n) is 6.16. The van der Waals surface area contributed by atoms with E-state index >= 15 is 0 Å². The summed E-state index contributed by atoms with van der Waals surface area (Å²) < 4.78 is 24.0. The summed E-state index contributed by atoms with van der Waals surface area (Å²) in [6.45, 7) is 6.82. The molecule has 0 fully saturated rings. The molecule has 20 heavy (non-hydrogen) atoms. The zero-order valence-electron chi connectivity index (χ0n) is 12.0. The van der Waals surface area contributed by atoms with Gasteiger partial charge in [-0.05, 0) is 17.5 Å². The summed E-state index contributed by atoms with van der Waals surface area (Å²) in [4.78, 5) is 14.0. The number of anilines is 1. The zero-order chi connectivity index (χ0) is 15.0. The molecule has 2 rings (SSSR count). The number of para-hydroxylation sites is 1. The molecule has 6 heteroatoms. The van der Waals surface area contributed by atoms with Gasteiger partial charge in [0, 0.05) is 13.1 Å². The number of hydrogen-bond donors (Lipinski definition) is 1. The molecule has 1 aromatic carbocycles. The smallest absolute Gasteiger partial charge is 0.321 e. The number of benzene rings is 1. The van der Waals surface area contributed by atoms with Crippen molar-refractivity contribution in [3.05, 3.63) is 24.3 Å². The fourth-order valence-corrected chi connectivity index (χ4v) is 3.46. The normalized spacial score (nSPS) is 17.4.